The number of thioether (sulfide) groups is 1. The Morgan fingerprint density at radius 3 is 2.81 bits per heavy atom. The zero-order chi connectivity index (χ0) is 19.3. The third-order valence-electron chi connectivity index (χ3n) is 3.51. The number of hydrogen-bond donors (Lipinski definition) is 1. The van der Waals surface area contributed by atoms with E-state index in [0.29, 0.717) is 17.9 Å². The summed E-state index contributed by atoms with van der Waals surface area (Å²) in [5, 5.41) is 3.78. The molecule has 2 aromatic rings. The fourth-order valence-electron chi connectivity index (χ4n) is 2.45. The fraction of sp³-hybridized carbons (Fsp3) is 0.368. The Morgan fingerprint density at radius 1 is 1.46 bits per heavy atom. The van der Waals surface area contributed by atoms with Gasteiger partial charge in [0, 0.05) is 28.7 Å². The lowest BCUT2D eigenvalue weighted by molar-refractivity contribution is -0.126. The van der Waals surface area contributed by atoms with Crippen molar-refractivity contribution >= 4 is 44.5 Å². The van der Waals surface area contributed by atoms with Crippen molar-refractivity contribution < 1.29 is 14.3 Å². The molecule has 1 heterocycles. The number of nitrogens with zero attached hydrogens (tertiary/aromatic N) is 1. The molecule has 1 amide bonds. The third kappa shape index (κ3) is 5.13. The molecule has 0 bridgehead atoms. The Hall–Kier alpha value is -1.75. The third-order valence-corrected chi connectivity index (χ3v) is 4.86. The summed E-state index contributed by atoms with van der Waals surface area (Å²) < 4.78 is 11.8. The van der Waals surface area contributed by atoms with Crippen molar-refractivity contribution in [1.82, 2.24) is 10.3 Å². The highest BCUT2D eigenvalue weighted by molar-refractivity contribution is 9.10. The minimum Gasteiger partial charge on any atom is -0.470 e. The number of terminal acetylenes is 1. The van der Waals surface area contributed by atoms with E-state index in [0.717, 1.165) is 15.4 Å². The quantitative estimate of drug-likeness (QED) is 0.530. The zero-order valence-corrected chi connectivity index (χ0v) is 17.5. The summed E-state index contributed by atoms with van der Waals surface area (Å²) in [6.45, 7) is 4.19. The van der Waals surface area contributed by atoms with Gasteiger partial charge in [0.1, 0.15) is 5.75 Å². The summed E-state index contributed by atoms with van der Waals surface area (Å²) in [4.78, 5) is 16.9. The van der Waals surface area contributed by atoms with Crippen LogP contribution in [0.15, 0.2) is 28.9 Å². The average Bonchev–Trinajstić information content (AvgIpc) is 2.58. The smallest absolute Gasteiger partial charge is 0.272 e. The minimum absolute atomic E-state index is 0.216. The SMILES string of the molecule is C#Cc1cnc2c(Br)cc(OC(SC)C(=O)NC(C)(C)COC)cc2c1. The average molecular weight is 437 g/mol. The standard InChI is InChI=1S/C19H21BrN2O3S/c1-6-12-7-13-8-14(9-15(20)16(13)21-10-12)25-18(26-5)17(23)22-19(2,3)11-24-4/h1,7-10,18H,11H2,2-5H3,(H,22,23). The van der Waals surface area contributed by atoms with Gasteiger partial charge in [-0.1, -0.05) is 5.92 Å². The van der Waals surface area contributed by atoms with Gasteiger partial charge in [-0.3, -0.25) is 9.78 Å². The zero-order valence-electron chi connectivity index (χ0n) is 15.1. The second-order valence-corrected chi connectivity index (χ2v) is 8.09. The van der Waals surface area contributed by atoms with E-state index in [1.54, 1.807) is 19.4 Å². The molecule has 1 atom stereocenters. The lowest BCUT2D eigenvalue weighted by Crippen LogP contribution is -2.50. The molecule has 5 nitrogen and oxygen atoms in total. The molecule has 1 unspecified atom stereocenters. The van der Waals surface area contributed by atoms with Crippen LogP contribution >= 0.6 is 27.7 Å². The minimum atomic E-state index is -0.695. The number of rotatable bonds is 7. The van der Waals surface area contributed by atoms with Gasteiger partial charge < -0.3 is 14.8 Å². The highest BCUT2D eigenvalue weighted by Gasteiger charge is 2.27. The van der Waals surface area contributed by atoms with Gasteiger partial charge in [0.2, 0.25) is 5.44 Å². The van der Waals surface area contributed by atoms with Gasteiger partial charge in [0.25, 0.3) is 5.91 Å². The first-order valence-corrected chi connectivity index (χ1v) is 9.94. The predicted octanol–water partition coefficient (Wildman–Crippen LogP) is 3.59. The molecular weight excluding hydrogens is 416 g/mol. The molecule has 138 valence electrons. The predicted molar refractivity (Wildman–Crippen MR) is 109 cm³/mol. The molecule has 0 saturated heterocycles. The number of amides is 1. The summed E-state index contributed by atoms with van der Waals surface area (Å²) in [6, 6.07) is 5.47. The number of carbonyl (C=O) groups excluding carboxylic acids is 1. The van der Waals surface area contributed by atoms with Crippen LogP contribution in [0.5, 0.6) is 5.75 Å². The maximum absolute atomic E-state index is 12.6. The van der Waals surface area contributed by atoms with Gasteiger partial charge >= 0.3 is 0 Å². The number of benzene rings is 1. The van der Waals surface area contributed by atoms with E-state index >= 15 is 0 Å². The Kier molecular flexibility index (Phi) is 6.93. The highest BCUT2D eigenvalue weighted by atomic mass is 79.9. The molecule has 1 N–H and O–H groups in total. The largest absolute Gasteiger partial charge is 0.470 e. The van der Waals surface area contributed by atoms with Crippen LogP contribution in [0.4, 0.5) is 0 Å². The van der Waals surface area contributed by atoms with E-state index in [1.165, 1.54) is 11.8 Å². The van der Waals surface area contributed by atoms with Gasteiger partial charge in [-0.25, -0.2) is 0 Å². The summed E-state index contributed by atoms with van der Waals surface area (Å²) in [5.74, 6) is 2.91. The fourth-order valence-corrected chi connectivity index (χ4v) is 3.49. The number of nitrogens with one attached hydrogen (secondary N) is 1. The first-order valence-electron chi connectivity index (χ1n) is 7.86. The van der Waals surface area contributed by atoms with Crippen molar-refractivity contribution in [2.24, 2.45) is 0 Å². The topological polar surface area (TPSA) is 60.5 Å². The van der Waals surface area contributed by atoms with E-state index in [4.69, 9.17) is 15.9 Å². The van der Waals surface area contributed by atoms with Crippen LogP contribution < -0.4 is 10.1 Å². The number of halogens is 1. The van der Waals surface area contributed by atoms with Crippen molar-refractivity contribution in [3.63, 3.8) is 0 Å². The molecule has 0 spiro atoms. The summed E-state index contributed by atoms with van der Waals surface area (Å²) in [7, 11) is 1.60. The van der Waals surface area contributed by atoms with Crippen LogP contribution in [0, 0.1) is 12.3 Å². The van der Waals surface area contributed by atoms with Crippen LogP contribution in [0.2, 0.25) is 0 Å². The van der Waals surface area contributed by atoms with Gasteiger partial charge in [0.05, 0.1) is 17.7 Å². The van der Waals surface area contributed by atoms with Crippen LogP contribution in [0.25, 0.3) is 10.9 Å². The molecule has 0 fully saturated rings. The maximum atomic E-state index is 12.6. The second kappa shape index (κ2) is 8.76. The highest BCUT2D eigenvalue weighted by Crippen LogP contribution is 2.30. The molecular formula is C19H21BrN2O3S. The number of hydrogen-bond acceptors (Lipinski definition) is 5. The molecule has 26 heavy (non-hydrogen) atoms. The van der Waals surface area contributed by atoms with E-state index in [1.807, 2.05) is 32.2 Å². The number of ether oxygens (including phenoxy) is 2. The molecule has 1 aromatic carbocycles. The van der Waals surface area contributed by atoms with Crippen LogP contribution in [0.1, 0.15) is 19.4 Å². The van der Waals surface area contributed by atoms with Crippen molar-refractivity contribution in [3.05, 3.63) is 34.4 Å². The van der Waals surface area contributed by atoms with E-state index in [2.05, 4.69) is 32.2 Å². The first kappa shape index (κ1) is 20.6. The Bertz CT molecular complexity index is 849. The number of carbonyl (C=O) groups is 1. The molecule has 7 heteroatoms. The molecule has 2 rings (SSSR count). The summed E-state index contributed by atoms with van der Waals surface area (Å²) >= 11 is 4.81. The van der Waals surface area contributed by atoms with Gasteiger partial charge in [0.15, 0.2) is 0 Å². The number of fused-ring (bicyclic) bond motifs is 1. The second-order valence-electron chi connectivity index (χ2n) is 6.34. The lowest BCUT2D eigenvalue weighted by Gasteiger charge is -2.27. The van der Waals surface area contributed by atoms with Gasteiger partial charge in [-0.15, -0.1) is 18.2 Å². The van der Waals surface area contributed by atoms with Crippen molar-refractivity contribution in [2.75, 3.05) is 20.0 Å². The van der Waals surface area contributed by atoms with Crippen molar-refractivity contribution in [2.45, 2.75) is 24.8 Å². The number of aromatic nitrogens is 1. The van der Waals surface area contributed by atoms with Crippen molar-refractivity contribution in [1.29, 1.82) is 0 Å². The van der Waals surface area contributed by atoms with E-state index in [-0.39, 0.29) is 5.91 Å². The molecule has 0 aliphatic carbocycles. The Labute approximate surface area is 166 Å². The molecule has 0 aliphatic rings. The monoisotopic (exact) mass is 436 g/mol. The molecule has 0 aliphatic heterocycles. The molecule has 1 aromatic heterocycles. The van der Waals surface area contributed by atoms with Gasteiger partial charge in [-0.2, -0.15) is 0 Å². The van der Waals surface area contributed by atoms with Crippen LogP contribution in [-0.2, 0) is 9.53 Å². The molecule has 0 saturated carbocycles. The number of methoxy groups -OCH3 is 1. The summed E-state index contributed by atoms with van der Waals surface area (Å²) in [5.41, 5.74) is 0.280. The summed E-state index contributed by atoms with van der Waals surface area (Å²) in [6.07, 6.45) is 8.91. The lowest BCUT2D eigenvalue weighted by atomic mass is 10.1. The van der Waals surface area contributed by atoms with E-state index < -0.39 is 11.0 Å². The normalized spacial score (nSPS) is 12.5. The first-order chi connectivity index (χ1) is 12.3. The van der Waals surface area contributed by atoms with Crippen LogP contribution in [-0.4, -0.2) is 41.8 Å². The molecule has 0 radical (unpaired) electrons. The maximum Gasteiger partial charge on any atom is 0.272 e. The number of pyridine rings is 1. The Morgan fingerprint density at radius 2 is 2.19 bits per heavy atom. The van der Waals surface area contributed by atoms with Gasteiger partial charge in [-0.05, 0) is 54.2 Å². The van der Waals surface area contributed by atoms with E-state index in [9.17, 15) is 4.79 Å². The van der Waals surface area contributed by atoms with Crippen LogP contribution in [0.3, 0.4) is 0 Å². The van der Waals surface area contributed by atoms with Crippen molar-refractivity contribution in [3.8, 4) is 18.1 Å². The Balaban J connectivity index is 2.24.